The zero-order valence-corrected chi connectivity index (χ0v) is 19.9. The van der Waals surface area contributed by atoms with E-state index in [-0.39, 0.29) is 29.7 Å². The first-order valence-corrected chi connectivity index (χ1v) is 12.4. The summed E-state index contributed by atoms with van der Waals surface area (Å²) in [5.74, 6) is -0.264. The number of rotatable bonds is 5. The molecule has 3 aromatic rings. The molecule has 34 heavy (non-hydrogen) atoms. The van der Waals surface area contributed by atoms with Gasteiger partial charge in [0.1, 0.15) is 0 Å². The van der Waals surface area contributed by atoms with Crippen molar-refractivity contribution < 1.29 is 19.8 Å². The zero-order chi connectivity index (χ0) is 23.8. The second-order valence-corrected chi connectivity index (χ2v) is 9.95. The molecule has 2 aliphatic rings. The molecule has 0 bridgehead atoms. The first kappa shape index (κ1) is 22.7. The summed E-state index contributed by atoms with van der Waals surface area (Å²) in [6.45, 7) is 5.85. The van der Waals surface area contributed by atoms with Gasteiger partial charge >= 0.3 is 11.6 Å². The van der Waals surface area contributed by atoms with E-state index in [0.29, 0.717) is 5.69 Å². The Hall–Kier alpha value is -3.13. The number of aliphatic hydroxyl groups excluding tert-OH is 1. The van der Waals surface area contributed by atoms with Gasteiger partial charge in [0.15, 0.2) is 0 Å². The second kappa shape index (κ2) is 9.25. The van der Waals surface area contributed by atoms with Crippen LogP contribution >= 0.6 is 0 Å². The van der Waals surface area contributed by atoms with E-state index in [1.54, 1.807) is 12.1 Å². The zero-order valence-electron chi connectivity index (χ0n) is 19.9. The minimum atomic E-state index is -0.349. The molecule has 5 rings (SSSR count). The minimum Gasteiger partial charge on any atom is -0.393 e. The molecule has 1 saturated carbocycles. The fraction of sp³-hybridized carbons (Fsp3) is 0.500. The first-order valence-electron chi connectivity index (χ1n) is 12.4. The first-order chi connectivity index (χ1) is 16.4. The van der Waals surface area contributed by atoms with Crippen LogP contribution in [0.15, 0.2) is 36.5 Å². The highest BCUT2D eigenvalue weighted by Crippen LogP contribution is 2.35. The van der Waals surface area contributed by atoms with Crippen LogP contribution < -0.4 is 14.9 Å². The lowest BCUT2D eigenvalue weighted by Crippen LogP contribution is -2.43. The highest BCUT2D eigenvalue weighted by Gasteiger charge is 2.27. The molecule has 2 aromatic heterocycles. The number of amides is 1. The maximum absolute atomic E-state index is 13.2. The molecule has 180 valence electrons. The number of aliphatic hydroxyl groups is 1. The summed E-state index contributed by atoms with van der Waals surface area (Å²) in [6.07, 6.45) is 7.53. The summed E-state index contributed by atoms with van der Waals surface area (Å²) in [4.78, 5) is 15.5. The van der Waals surface area contributed by atoms with Crippen molar-refractivity contribution in [2.45, 2.75) is 70.4 Å². The quantitative estimate of drug-likeness (QED) is 0.392. The van der Waals surface area contributed by atoms with E-state index in [1.807, 2.05) is 36.9 Å². The van der Waals surface area contributed by atoms with Crippen molar-refractivity contribution in [2.24, 2.45) is 0 Å². The van der Waals surface area contributed by atoms with Gasteiger partial charge in [-0.15, -0.1) is 0 Å². The molecule has 3 heterocycles. The van der Waals surface area contributed by atoms with E-state index < -0.39 is 0 Å². The van der Waals surface area contributed by atoms with E-state index in [2.05, 4.69) is 16.3 Å². The fourth-order valence-electron chi connectivity index (χ4n) is 5.22. The lowest BCUT2D eigenvalue weighted by atomic mass is 9.93. The molecule has 3 N–H and O–H groups in total. The Kier molecular flexibility index (Phi) is 6.16. The maximum atomic E-state index is 13.2. The summed E-state index contributed by atoms with van der Waals surface area (Å²) in [5.41, 5.74) is 3.49. The monoisotopic (exact) mass is 464 g/mol. The number of carbonyl (C=O) groups excluding carboxylic acids is 1. The van der Waals surface area contributed by atoms with E-state index in [1.165, 1.54) is 0 Å². The highest BCUT2D eigenvalue weighted by atomic mass is 16.5. The molecule has 1 aromatic carbocycles. The Morgan fingerprint density at radius 2 is 1.88 bits per heavy atom. The van der Waals surface area contributed by atoms with Gasteiger partial charge in [0.2, 0.25) is 5.69 Å². The Morgan fingerprint density at radius 1 is 1.15 bits per heavy atom. The molecule has 8 heteroatoms. The number of benzene rings is 1. The van der Waals surface area contributed by atoms with Crippen LogP contribution in [0.25, 0.3) is 10.9 Å². The Labute approximate surface area is 199 Å². The smallest absolute Gasteiger partial charge is 0.325 e. The van der Waals surface area contributed by atoms with Gasteiger partial charge in [-0.25, -0.2) is 0 Å². The van der Waals surface area contributed by atoms with Crippen molar-refractivity contribution in [3.63, 3.8) is 0 Å². The molecule has 1 amide bonds. The predicted molar refractivity (Wildman–Crippen MR) is 131 cm³/mol. The second-order valence-electron chi connectivity index (χ2n) is 9.95. The van der Waals surface area contributed by atoms with Gasteiger partial charge in [0.25, 0.3) is 0 Å². The molecule has 2 fully saturated rings. The van der Waals surface area contributed by atoms with Crippen LogP contribution in [0.3, 0.4) is 0 Å². The average molecular weight is 465 g/mol. The molecule has 0 radical (unpaired) electrons. The number of aromatic nitrogens is 3. The van der Waals surface area contributed by atoms with Crippen molar-refractivity contribution in [3.05, 3.63) is 47.9 Å². The fourth-order valence-corrected chi connectivity index (χ4v) is 5.22. The van der Waals surface area contributed by atoms with Crippen LogP contribution in [0.5, 0.6) is 0 Å². The molecular weight excluding hydrogens is 430 g/mol. The van der Waals surface area contributed by atoms with Gasteiger partial charge in [-0.3, -0.25) is 14.7 Å². The van der Waals surface area contributed by atoms with Crippen molar-refractivity contribution in [1.29, 1.82) is 0 Å². The summed E-state index contributed by atoms with van der Waals surface area (Å²) >= 11 is 0. The number of hydrogen-bond acceptors (Lipinski definition) is 5. The SMILES string of the molecule is CC(C)c1cccc(C(=O)Nc2cc3cn([C@H]4CC[C@H](O)CC4)nc3cc2N2CCCC2)[n+]1O. The number of hydrogen-bond donors (Lipinski definition) is 3. The van der Waals surface area contributed by atoms with Gasteiger partial charge in [0.05, 0.1) is 29.0 Å². The summed E-state index contributed by atoms with van der Waals surface area (Å²) in [6, 6.07) is 9.60. The summed E-state index contributed by atoms with van der Waals surface area (Å²) in [7, 11) is 0. The van der Waals surface area contributed by atoms with Gasteiger partial charge in [-0.05, 0) is 56.7 Å². The third-order valence-electron chi connectivity index (χ3n) is 7.19. The number of pyridine rings is 1. The molecule has 0 atom stereocenters. The molecular formula is C26H34N5O3+. The van der Waals surface area contributed by atoms with Crippen LogP contribution in [0, 0.1) is 0 Å². The number of anilines is 2. The van der Waals surface area contributed by atoms with Crippen molar-refractivity contribution in [3.8, 4) is 0 Å². The summed E-state index contributed by atoms with van der Waals surface area (Å²) in [5, 5.41) is 29.4. The van der Waals surface area contributed by atoms with E-state index in [4.69, 9.17) is 5.10 Å². The van der Waals surface area contributed by atoms with E-state index >= 15 is 0 Å². The molecule has 8 nitrogen and oxygen atoms in total. The van der Waals surface area contributed by atoms with E-state index in [0.717, 1.165) is 78.6 Å². The maximum Gasteiger partial charge on any atom is 0.325 e. The Morgan fingerprint density at radius 3 is 2.59 bits per heavy atom. The normalized spacial score (nSPS) is 20.9. The molecule has 0 spiro atoms. The van der Waals surface area contributed by atoms with Gasteiger partial charge < -0.3 is 15.3 Å². The minimum absolute atomic E-state index is 0.0843. The Balaban J connectivity index is 1.49. The molecule has 1 saturated heterocycles. The van der Waals surface area contributed by atoms with E-state index in [9.17, 15) is 15.1 Å². The van der Waals surface area contributed by atoms with Crippen LogP contribution in [0.1, 0.15) is 80.5 Å². The molecule has 1 aliphatic carbocycles. The number of nitrogens with one attached hydrogen (secondary N) is 1. The van der Waals surface area contributed by atoms with Gasteiger partial charge in [-0.2, -0.15) is 5.10 Å². The van der Waals surface area contributed by atoms with Crippen molar-refractivity contribution >= 4 is 28.2 Å². The summed E-state index contributed by atoms with van der Waals surface area (Å²) < 4.78 is 3.02. The third kappa shape index (κ3) is 4.34. The van der Waals surface area contributed by atoms with Crippen molar-refractivity contribution in [1.82, 2.24) is 9.78 Å². The van der Waals surface area contributed by atoms with Gasteiger partial charge in [-0.1, -0.05) is 13.8 Å². The van der Waals surface area contributed by atoms with Crippen LogP contribution in [-0.2, 0) is 0 Å². The van der Waals surface area contributed by atoms with Crippen LogP contribution in [0.4, 0.5) is 11.4 Å². The van der Waals surface area contributed by atoms with Crippen LogP contribution in [0.2, 0.25) is 0 Å². The third-order valence-corrected chi connectivity index (χ3v) is 7.19. The predicted octanol–water partition coefficient (Wildman–Crippen LogP) is 4.01. The van der Waals surface area contributed by atoms with Crippen molar-refractivity contribution in [2.75, 3.05) is 23.3 Å². The topological polar surface area (TPSA) is 94.5 Å². The molecule has 1 aliphatic heterocycles. The van der Waals surface area contributed by atoms with Gasteiger partial charge in [0, 0.05) is 47.5 Å². The lowest BCUT2D eigenvalue weighted by molar-refractivity contribution is -0.911. The molecule has 0 unspecified atom stereocenters. The number of fused-ring (bicyclic) bond motifs is 1. The Bertz CT molecular complexity index is 1190. The average Bonchev–Trinajstić information content (AvgIpc) is 3.48. The standard InChI is InChI=1S/C26H33N5O3/c1-17(2)23-6-5-7-24(31(23)34)26(33)27-22-14-18-16-30(19-8-10-20(32)11-9-19)28-21(18)15-25(22)29-12-3-4-13-29/h5-7,14-17,19-20,32H,3-4,8-13H2,1-2H3,(H-,27,33,34)/p+1/t19-,20-. The number of carbonyl (C=O) groups is 1. The lowest BCUT2D eigenvalue weighted by Gasteiger charge is -2.25. The largest absolute Gasteiger partial charge is 0.393 e. The highest BCUT2D eigenvalue weighted by molar-refractivity contribution is 6.05. The number of nitrogens with zero attached hydrogens (tertiary/aromatic N) is 4. The van der Waals surface area contributed by atoms with Crippen LogP contribution in [-0.4, -0.2) is 45.2 Å².